The van der Waals surface area contributed by atoms with E-state index in [9.17, 15) is 30.7 Å². The van der Waals surface area contributed by atoms with Gasteiger partial charge in [0.15, 0.2) is 10.3 Å². The number of nitrogens with two attached hydrogens (primary N) is 3. The summed E-state index contributed by atoms with van der Waals surface area (Å²) in [5.74, 6) is 1.27. The molecule has 49 heavy (non-hydrogen) atoms. The molecule has 20 nitrogen and oxygen atoms in total. The highest BCUT2D eigenvalue weighted by molar-refractivity contribution is 7.99. The van der Waals surface area contributed by atoms with Crippen molar-refractivity contribution in [2.75, 3.05) is 35.2 Å². The molecule has 2 amide bonds. The SMILES string of the molecule is NCCSc1nc(Nc2ccc(N=Nc3cc4c(S(=O)(=O)O)cc(SOOO)cc4cc3S(=O)(=O)O)c(NC(N)=O)c2)nc(SCCN)n1. The van der Waals surface area contributed by atoms with Gasteiger partial charge in [0.25, 0.3) is 20.2 Å². The lowest BCUT2D eigenvalue weighted by Crippen LogP contribution is -2.19. The zero-order valence-electron chi connectivity index (χ0n) is 24.6. The fourth-order valence-corrected chi connectivity index (χ4v) is 7.07. The van der Waals surface area contributed by atoms with Gasteiger partial charge >= 0.3 is 6.03 Å². The Morgan fingerprint density at radius 1 is 0.857 bits per heavy atom. The summed E-state index contributed by atoms with van der Waals surface area (Å²) in [6.07, 6.45) is 0. The van der Waals surface area contributed by atoms with Crippen LogP contribution >= 0.6 is 35.6 Å². The summed E-state index contributed by atoms with van der Waals surface area (Å²) >= 11 is 2.97. The van der Waals surface area contributed by atoms with E-state index >= 15 is 0 Å². The van der Waals surface area contributed by atoms with Gasteiger partial charge in [-0.15, -0.1) is 14.6 Å². The molecule has 4 rings (SSSR count). The average molecular weight is 775 g/mol. The van der Waals surface area contributed by atoms with E-state index in [1.54, 1.807) is 0 Å². The molecule has 0 aliphatic carbocycles. The van der Waals surface area contributed by atoms with Gasteiger partial charge in [-0.3, -0.25) is 9.11 Å². The number of primary amides is 1. The molecule has 0 unspecified atom stereocenters. The zero-order chi connectivity index (χ0) is 35.8. The van der Waals surface area contributed by atoms with Crippen molar-refractivity contribution in [2.24, 2.45) is 27.4 Å². The Balaban J connectivity index is 1.78. The van der Waals surface area contributed by atoms with Gasteiger partial charge in [-0.25, -0.2) is 10.1 Å². The summed E-state index contributed by atoms with van der Waals surface area (Å²) < 4.78 is 73.2. The van der Waals surface area contributed by atoms with Gasteiger partial charge < -0.3 is 27.8 Å². The molecule has 0 aliphatic heterocycles. The Labute approximate surface area is 290 Å². The van der Waals surface area contributed by atoms with Gasteiger partial charge in [0.05, 0.1) is 17.7 Å². The molecule has 0 saturated carbocycles. The quantitative estimate of drug-likeness (QED) is 0.0201. The number of hydrogen-bond acceptors (Lipinski definition) is 19. The highest BCUT2D eigenvalue weighted by Crippen LogP contribution is 2.38. The van der Waals surface area contributed by atoms with E-state index in [2.05, 4.69) is 45.2 Å². The van der Waals surface area contributed by atoms with Crippen molar-refractivity contribution in [1.29, 1.82) is 0 Å². The van der Waals surface area contributed by atoms with Gasteiger partial charge in [-0.1, -0.05) is 28.6 Å². The maximum absolute atomic E-state index is 12.3. The van der Waals surface area contributed by atoms with Crippen molar-refractivity contribution in [1.82, 2.24) is 15.0 Å². The van der Waals surface area contributed by atoms with E-state index in [0.717, 1.165) is 18.2 Å². The van der Waals surface area contributed by atoms with Crippen LogP contribution < -0.4 is 27.8 Å². The summed E-state index contributed by atoms with van der Waals surface area (Å²) in [7, 11) is -9.93. The molecule has 11 N–H and O–H groups in total. The predicted molar refractivity (Wildman–Crippen MR) is 181 cm³/mol. The molecule has 25 heteroatoms. The Kier molecular flexibility index (Phi) is 13.0. The minimum atomic E-state index is -5.00. The third-order valence-electron chi connectivity index (χ3n) is 5.75. The van der Waals surface area contributed by atoms with Crippen molar-refractivity contribution in [2.45, 2.75) is 25.0 Å². The van der Waals surface area contributed by atoms with Crippen LogP contribution in [0.3, 0.4) is 0 Å². The van der Waals surface area contributed by atoms with Gasteiger partial charge in [-0.2, -0.15) is 31.8 Å². The number of urea groups is 1. The van der Waals surface area contributed by atoms with Crippen LogP contribution in [0.5, 0.6) is 0 Å². The van der Waals surface area contributed by atoms with Crippen LogP contribution in [0.25, 0.3) is 10.8 Å². The summed E-state index contributed by atoms with van der Waals surface area (Å²) in [5, 5.41) is 25.7. The maximum atomic E-state index is 12.3. The van der Waals surface area contributed by atoms with Crippen LogP contribution in [-0.4, -0.2) is 76.8 Å². The Hall–Kier alpha value is -3.73. The van der Waals surface area contributed by atoms with E-state index in [1.165, 1.54) is 47.8 Å². The smallest absolute Gasteiger partial charge is 0.316 e. The number of carbonyl (C=O) groups excluding carboxylic acids is 1. The molecule has 0 radical (unpaired) electrons. The van der Waals surface area contributed by atoms with Crippen molar-refractivity contribution < 1.29 is 45.4 Å². The molecule has 4 aromatic rings. The largest absolute Gasteiger partial charge is 0.351 e. The number of thioether (sulfide) groups is 2. The topological polar surface area (TPSA) is 330 Å². The third kappa shape index (κ3) is 10.6. The van der Waals surface area contributed by atoms with Gasteiger partial charge in [0, 0.05) is 40.6 Å². The molecule has 0 fully saturated rings. The second kappa shape index (κ2) is 16.8. The van der Waals surface area contributed by atoms with E-state index in [0.29, 0.717) is 52.6 Å². The lowest BCUT2D eigenvalue weighted by molar-refractivity contribution is -0.432. The number of aromatic nitrogens is 3. The number of hydrogen-bond donors (Lipinski definition) is 8. The van der Waals surface area contributed by atoms with Gasteiger partial charge in [0.1, 0.15) is 21.2 Å². The number of carbonyl (C=O) groups is 1. The molecule has 0 saturated heterocycles. The molecule has 0 bridgehead atoms. The van der Waals surface area contributed by atoms with Crippen LogP contribution in [0.1, 0.15) is 0 Å². The molecule has 1 aromatic heterocycles. The molecule has 1 heterocycles. The minimum Gasteiger partial charge on any atom is -0.351 e. The lowest BCUT2D eigenvalue weighted by atomic mass is 10.1. The van der Waals surface area contributed by atoms with Crippen molar-refractivity contribution in [3.63, 3.8) is 0 Å². The van der Waals surface area contributed by atoms with Gasteiger partial charge in [-0.05, 0) is 47.9 Å². The molecule has 0 atom stereocenters. The van der Waals surface area contributed by atoms with E-state index in [1.807, 2.05) is 0 Å². The Morgan fingerprint density at radius 3 is 2.06 bits per heavy atom. The summed E-state index contributed by atoms with van der Waals surface area (Å²) in [5.41, 5.74) is 16.3. The van der Waals surface area contributed by atoms with Crippen LogP contribution in [0.4, 0.5) is 33.5 Å². The monoisotopic (exact) mass is 774 g/mol. The van der Waals surface area contributed by atoms with Crippen molar-refractivity contribution in [3.8, 4) is 0 Å². The molecule has 3 aromatic carbocycles. The number of fused-ring (bicyclic) bond motifs is 1. The van der Waals surface area contributed by atoms with Gasteiger partial charge in [0.2, 0.25) is 5.95 Å². The van der Waals surface area contributed by atoms with Crippen LogP contribution in [0, 0.1) is 0 Å². The number of amides is 2. The fraction of sp³-hybridized carbons (Fsp3) is 0.167. The third-order valence-corrected chi connectivity index (χ3v) is 9.85. The molecular weight excluding hydrogens is 749 g/mol. The molecule has 262 valence electrons. The first kappa shape index (κ1) is 38.1. The van der Waals surface area contributed by atoms with Crippen molar-refractivity contribution in [3.05, 3.63) is 42.5 Å². The first-order valence-corrected chi connectivity index (χ1v) is 18.8. The average Bonchev–Trinajstić information content (AvgIpc) is 3.03. The van der Waals surface area contributed by atoms with Crippen LogP contribution in [0.15, 0.2) is 77.7 Å². The first-order chi connectivity index (χ1) is 23.2. The number of nitrogens with zero attached hydrogens (tertiary/aromatic N) is 5. The van der Waals surface area contributed by atoms with Crippen molar-refractivity contribution >= 4 is 101 Å². The second-order valence-electron chi connectivity index (χ2n) is 9.18. The Morgan fingerprint density at radius 2 is 1.49 bits per heavy atom. The fourth-order valence-electron chi connectivity index (χ4n) is 3.91. The molecular formula is C24H26N10O10S5. The predicted octanol–water partition coefficient (Wildman–Crippen LogP) is 3.70. The van der Waals surface area contributed by atoms with E-state index < -0.39 is 41.7 Å². The normalized spacial score (nSPS) is 12.1. The summed E-state index contributed by atoms with van der Waals surface area (Å²) in [6, 6.07) is 7.28. The van der Waals surface area contributed by atoms with Crippen LogP contribution in [0.2, 0.25) is 0 Å². The standard InChI is InChI=1S/C24H26N10O10S5/c25-3-5-45-23-30-22(31-24(32-23)46-6-4-26)28-13-1-2-16(17(9-13)29-21(27)35)33-34-18-11-15-12(8-20(18)49(40,41)42)7-14(47-44-43-36)10-19(15)48(37,38)39/h1-2,7-11,36H,3-6,25-26H2,(H3,27,29,35)(H,37,38,39)(H,40,41,42)(H,28,30,31,32). The zero-order valence-corrected chi connectivity index (χ0v) is 28.7. The maximum Gasteiger partial charge on any atom is 0.316 e. The van der Waals surface area contributed by atoms with E-state index in [-0.39, 0.29) is 33.0 Å². The highest BCUT2D eigenvalue weighted by atomic mass is 32.2. The summed E-state index contributed by atoms with van der Waals surface area (Å²) in [4.78, 5) is 23.4. The number of benzene rings is 3. The van der Waals surface area contributed by atoms with Crippen LogP contribution in [-0.2, 0) is 29.6 Å². The van der Waals surface area contributed by atoms with E-state index in [4.69, 9.17) is 22.5 Å². The summed E-state index contributed by atoms with van der Waals surface area (Å²) in [6.45, 7) is 0.790. The second-order valence-corrected chi connectivity index (χ2v) is 14.9. The molecule has 0 aliphatic rings. The first-order valence-electron chi connectivity index (χ1n) is 13.2. The number of nitrogens with one attached hydrogen (secondary N) is 2. The highest BCUT2D eigenvalue weighted by Gasteiger charge is 2.23. The Bertz CT molecular complexity index is 2080. The minimum absolute atomic E-state index is 0.00800. The number of azo groups is 1. The molecule has 0 spiro atoms. The lowest BCUT2D eigenvalue weighted by Gasteiger charge is -2.12. The number of rotatable bonds is 16. The number of anilines is 3.